The Kier molecular flexibility index (Phi) is 10.0. The molecule has 1 fully saturated rings. The molecule has 0 bridgehead atoms. The number of likely N-dealkylation sites (tertiary alicyclic amines) is 1. The average molecular weight is 544 g/mol. The molecule has 0 unspecified atom stereocenters. The van der Waals surface area contributed by atoms with Gasteiger partial charge in [-0.1, -0.05) is 6.07 Å². The lowest BCUT2D eigenvalue weighted by Crippen LogP contribution is -2.49. The average Bonchev–Trinajstić information content (AvgIpc) is 3.27. The Morgan fingerprint density at radius 2 is 2.10 bits per heavy atom. The summed E-state index contributed by atoms with van der Waals surface area (Å²) in [5.74, 6) is 0.371. The molecule has 3 rings (SSSR count). The van der Waals surface area contributed by atoms with Crippen LogP contribution in [0.25, 0.3) is 5.69 Å². The predicted molar refractivity (Wildman–Crippen MR) is 129 cm³/mol. The highest BCUT2D eigenvalue weighted by Gasteiger charge is 2.24. The maximum atomic E-state index is 14.4. The van der Waals surface area contributed by atoms with E-state index in [4.69, 9.17) is 4.74 Å². The van der Waals surface area contributed by atoms with Gasteiger partial charge in [-0.05, 0) is 44.4 Å². The first-order valence-corrected chi connectivity index (χ1v) is 10.3. The number of piperidine rings is 1. The van der Waals surface area contributed by atoms with Gasteiger partial charge in [0.2, 0.25) is 0 Å². The Morgan fingerprint density at radius 3 is 2.71 bits per heavy atom. The molecule has 2 aromatic rings. The number of aromatic nitrogens is 2. The number of rotatable bonds is 6. The first-order chi connectivity index (χ1) is 14.6. The van der Waals surface area contributed by atoms with Gasteiger partial charge in [-0.15, -0.1) is 24.0 Å². The monoisotopic (exact) mass is 544 g/mol. The van der Waals surface area contributed by atoms with Crippen LogP contribution in [0.4, 0.5) is 9.18 Å². The van der Waals surface area contributed by atoms with Gasteiger partial charge in [-0.3, -0.25) is 0 Å². The number of hydrogen-bond donors (Lipinski definition) is 2. The molecule has 2 N–H and O–H groups in total. The molecule has 0 saturated carbocycles. The molecule has 10 heteroatoms. The molecule has 1 amide bonds. The molecular weight excluding hydrogens is 514 g/mol. The molecule has 0 spiro atoms. The summed E-state index contributed by atoms with van der Waals surface area (Å²) in [5.41, 5.74) is 1.24. The van der Waals surface area contributed by atoms with E-state index in [1.165, 1.54) is 6.07 Å². The van der Waals surface area contributed by atoms with Gasteiger partial charge in [0.25, 0.3) is 0 Å². The Labute approximate surface area is 199 Å². The van der Waals surface area contributed by atoms with Crippen LogP contribution in [0.5, 0.6) is 0 Å². The molecule has 1 aliphatic heterocycles. The molecular formula is C21H30FIN6O2. The van der Waals surface area contributed by atoms with Crippen molar-refractivity contribution in [3.63, 3.8) is 0 Å². The highest BCUT2D eigenvalue weighted by atomic mass is 127. The molecule has 170 valence electrons. The van der Waals surface area contributed by atoms with Crippen LogP contribution in [0.2, 0.25) is 0 Å². The molecule has 1 aliphatic rings. The van der Waals surface area contributed by atoms with Gasteiger partial charge in [0, 0.05) is 38.1 Å². The van der Waals surface area contributed by atoms with Crippen LogP contribution in [-0.4, -0.2) is 58.8 Å². The van der Waals surface area contributed by atoms with E-state index in [9.17, 15) is 9.18 Å². The van der Waals surface area contributed by atoms with E-state index in [1.54, 1.807) is 34.3 Å². The topological polar surface area (TPSA) is 83.8 Å². The molecule has 1 aromatic heterocycles. The van der Waals surface area contributed by atoms with Crippen LogP contribution in [-0.2, 0) is 11.3 Å². The zero-order valence-corrected chi connectivity index (χ0v) is 20.2. The third-order valence-electron chi connectivity index (χ3n) is 4.92. The van der Waals surface area contributed by atoms with Gasteiger partial charge in [0.05, 0.1) is 25.2 Å². The highest BCUT2D eigenvalue weighted by molar-refractivity contribution is 14.0. The van der Waals surface area contributed by atoms with Crippen molar-refractivity contribution in [2.45, 2.75) is 39.3 Å². The molecule has 0 aliphatic carbocycles. The first-order valence-electron chi connectivity index (χ1n) is 10.3. The lowest BCUT2D eigenvalue weighted by molar-refractivity contribution is 0.0963. The zero-order valence-electron chi connectivity index (χ0n) is 17.9. The SMILES string of the molecule is CCNC(=NCc1ccc(-n2ccnc2)c(F)c1)NC1CCN(C(=O)OCC)CC1.I. The van der Waals surface area contributed by atoms with Crippen LogP contribution in [0, 0.1) is 5.82 Å². The second-order valence-corrected chi connectivity index (χ2v) is 7.06. The molecule has 1 saturated heterocycles. The van der Waals surface area contributed by atoms with Crippen molar-refractivity contribution in [3.8, 4) is 5.69 Å². The second-order valence-electron chi connectivity index (χ2n) is 7.06. The number of imidazole rings is 1. The molecule has 0 radical (unpaired) electrons. The van der Waals surface area contributed by atoms with Crippen LogP contribution < -0.4 is 10.6 Å². The summed E-state index contributed by atoms with van der Waals surface area (Å²) in [4.78, 5) is 22.1. The minimum atomic E-state index is -0.315. The molecule has 31 heavy (non-hydrogen) atoms. The number of carbonyl (C=O) groups is 1. The van der Waals surface area contributed by atoms with E-state index in [0.717, 1.165) is 24.9 Å². The lowest BCUT2D eigenvalue weighted by Gasteiger charge is -2.32. The summed E-state index contributed by atoms with van der Waals surface area (Å²) < 4.78 is 21.1. The van der Waals surface area contributed by atoms with Gasteiger partial charge in [-0.25, -0.2) is 19.2 Å². The van der Waals surface area contributed by atoms with Gasteiger partial charge in [-0.2, -0.15) is 0 Å². The smallest absolute Gasteiger partial charge is 0.409 e. The van der Waals surface area contributed by atoms with Crippen molar-refractivity contribution < 1.29 is 13.9 Å². The quantitative estimate of drug-likeness (QED) is 0.332. The van der Waals surface area contributed by atoms with E-state index in [0.29, 0.717) is 37.9 Å². The van der Waals surface area contributed by atoms with Crippen molar-refractivity contribution in [2.75, 3.05) is 26.2 Å². The van der Waals surface area contributed by atoms with Crippen molar-refractivity contribution >= 4 is 36.0 Å². The van der Waals surface area contributed by atoms with Crippen molar-refractivity contribution in [3.05, 3.63) is 48.3 Å². The van der Waals surface area contributed by atoms with E-state index in [1.807, 2.05) is 19.9 Å². The van der Waals surface area contributed by atoms with E-state index < -0.39 is 0 Å². The summed E-state index contributed by atoms with van der Waals surface area (Å²) in [6.07, 6.45) is 6.27. The fourth-order valence-corrected chi connectivity index (χ4v) is 3.36. The van der Waals surface area contributed by atoms with Crippen molar-refractivity contribution in [1.82, 2.24) is 25.1 Å². The fourth-order valence-electron chi connectivity index (χ4n) is 3.36. The minimum Gasteiger partial charge on any atom is -0.450 e. The molecule has 8 nitrogen and oxygen atoms in total. The number of nitrogens with one attached hydrogen (secondary N) is 2. The lowest BCUT2D eigenvalue weighted by atomic mass is 10.1. The summed E-state index contributed by atoms with van der Waals surface area (Å²) in [6, 6.07) is 5.31. The molecule has 0 atom stereocenters. The zero-order chi connectivity index (χ0) is 21.3. The summed E-state index contributed by atoms with van der Waals surface area (Å²) in [7, 11) is 0. The number of ether oxygens (including phenoxy) is 1. The Balaban J connectivity index is 0.00000341. The van der Waals surface area contributed by atoms with Gasteiger partial charge >= 0.3 is 6.09 Å². The van der Waals surface area contributed by atoms with Crippen LogP contribution in [0.15, 0.2) is 41.9 Å². The summed E-state index contributed by atoms with van der Waals surface area (Å²) in [5, 5.41) is 6.65. The fraction of sp³-hybridized carbons (Fsp3) is 0.476. The third kappa shape index (κ3) is 7.08. The van der Waals surface area contributed by atoms with Crippen LogP contribution in [0.3, 0.4) is 0 Å². The molecule has 1 aromatic carbocycles. The predicted octanol–water partition coefficient (Wildman–Crippen LogP) is 3.31. The third-order valence-corrected chi connectivity index (χ3v) is 4.92. The number of halogens is 2. The van der Waals surface area contributed by atoms with Crippen LogP contribution >= 0.6 is 24.0 Å². The normalized spacial score (nSPS) is 14.7. The standard InChI is InChI=1S/C21H29FN6O2.HI/c1-3-24-20(26-17-7-10-27(11-8-17)21(29)30-4-2)25-14-16-5-6-19(18(22)13-16)28-12-9-23-15-28;/h5-6,9,12-13,15,17H,3-4,7-8,10-11,14H2,1-2H3,(H2,24,25,26);1H. The van der Waals surface area contributed by atoms with Gasteiger partial charge in [0.15, 0.2) is 5.96 Å². The van der Waals surface area contributed by atoms with Gasteiger partial charge in [0.1, 0.15) is 5.82 Å². The summed E-state index contributed by atoms with van der Waals surface area (Å²) >= 11 is 0. The molecule has 2 heterocycles. The summed E-state index contributed by atoms with van der Waals surface area (Å²) in [6.45, 7) is 6.58. The van der Waals surface area contributed by atoms with Gasteiger partial charge < -0.3 is 24.8 Å². The first kappa shape index (κ1) is 24.9. The number of guanidine groups is 1. The highest BCUT2D eigenvalue weighted by Crippen LogP contribution is 2.16. The number of benzene rings is 1. The van der Waals surface area contributed by atoms with Crippen molar-refractivity contribution in [1.29, 1.82) is 0 Å². The van der Waals surface area contributed by atoms with E-state index >= 15 is 0 Å². The maximum absolute atomic E-state index is 14.4. The number of aliphatic imine (C=N–C) groups is 1. The number of nitrogens with zero attached hydrogens (tertiary/aromatic N) is 4. The van der Waals surface area contributed by atoms with Crippen LogP contribution in [0.1, 0.15) is 32.3 Å². The number of carbonyl (C=O) groups excluding carboxylic acids is 1. The second kappa shape index (κ2) is 12.5. The Morgan fingerprint density at radius 1 is 1.32 bits per heavy atom. The Bertz CT molecular complexity index is 854. The van der Waals surface area contributed by atoms with Crippen molar-refractivity contribution in [2.24, 2.45) is 4.99 Å². The largest absolute Gasteiger partial charge is 0.450 e. The maximum Gasteiger partial charge on any atom is 0.409 e. The van der Waals surface area contributed by atoms with E-state index in [2.05, 4.69) is 20.6 Å². The Hall–Kier alpha value is -2.37. The minimum absolute atomic E-state index is 0. The van der Waals surface area contributed by atoms with E-state index in [-0.39, 0.29) is 41.9 Å². The number of amides is 1. The number of hydrogen-bond acceptors (Lipinski definition) is 4.